The Morgan fingerprint density at radius 3 is 3.06 bits per heavy atom. The van der Waals surface area contributed by atoms with Gasteiger partial charge in [-0.1, -0.05) is 11.6 Å². The Bertz CT molecular complexity index is 521. The van der Waals surface area contributed by atoms with Gasteiger partial charge in [-0.3, -0.25) is 0 Å². The maximum absolute atomic E-state index is 6.03. The van der Waals surface area contributed by atoms with Crippen LogP contribution < -0.4 is 5.32 Å². The van der Waals surface area contributed by atoms with E-state index in [1.54, 1.807) is 6.33 Å². The smallest absolute Gasteiger partial charge is 0.116 e. The number of hydrogen-bond acceptors (Lipinski definition) is 3. The van der Waals surface area contributed by atoms with Crippen LogP contribution in [0, 0.1) is 0 Å². The third-order valence-electron chi connectivity index (χ3n) is 3.08. The molecule has 0 spiro atoms. The van der Waals surface area contributed by atoms with Gasteiger partial charge in [0.15, 0.2) is 0 Å². The summed E-state index contributed by atoms with van der Waals surface area (Å²) in [6.07, 6.45) is 2.78. The molecule has 1 aromatic carbocycles. The molecule has 1 saturated heterocycles. The lowest BCUT2D eigenvalue weighted by Crippen LogP contribution is -2.09. The molecule has 2 heterocycles. The van der Waals surface area contributed by atoms with Crippen molar-refractivity contribution in [3.63, 3.8) is 0 Å². The van der Waals surface area contributed by atoms with E-state index in [1.165, 1.54) is 0 Å². The highest BCUT2D eigenvalue weighted by atomic mass is 35.5. The first-order valence-electron chi connectivity index (χ1n) is 5.45. The predicted octanol–water partition coefficient (Wildman–Crippen LogP) is 2.36. The summed E-state index contributed by atoms with van der Waals surface area (Å²) in [5, 5.41) is 5.19. The van der Waals surface area contributed by atoms with Crippen molar-refractivity contribution in [3.05, 3.63) is 35.2 Å². The van der Waals surface area contributed by atoms with Crippen LogP contribution in [0.1, 0.15) is 18.0 Å². The molecule has 1 aromatic heterocycles. The van der Waals surface area contributed by atoms with Crippen LogP contribution in [-0.2, 0) is 0 Å². The molecule has 1 atom stereocenters. The van der Waals surface area contributed by atoms with Crippen LogP contribution in [0.2, 0.25) is 5.02 Å². The van der Waals surface area contributed by atoms with Gasteiger partial charge >= 0.3 is 0 Å². The lowest BCUT2D eigenvalue weighted by molar-refractivity contribution is 0.740. The summed E-state index contributed by atoms with van der Waals surface area (Å²) >= 11 is 6.03. The monoisotopic (exact) mass is 233 g/mol. The molecule has 1 fully saturated rings. The summed E-state index contributed by atoms with van der Waals surface area (Å²) in [6, 6.07) is 5.78. The zero-order valence-electron chi connectivity index (χ0n) is 8.78. The first-order valence-corrected chi connectivity index (χ1v) is 5.83. The van der Waals surface area contributed by atoms with Gasteiger partial charge in [0.05, 0.1) is 11.2 Å². The van der Waals surface area contributed by atoms with E-state index in [4.69, 9.17) is 11.6 Å². The van der Waals surface area contributed by atoms with Crippen LogP contribution in [0.3, 0.4) is 0 Å². The fraction of sp³-hybridized carbons (Fsp3) is 0.333. The predicted molar refractivity (Wildman–Crippen MR) is 64.8 cm³/mol. The summed E-state index contributed by atoms with van der Waals surface area (Å²) in [6.45, 7) is 2.06. The molecule has 4 heteroatoms. The third-order valence-corrected chi connectivity index (χ3v) is 3.31. The number of fused-ring (bicyclic) bond motifs is 1. The van der Waals surface area contributed by atoms with Gasteiger partial charge in [-0.25, -0.2) is 9.97 Å². The fourth-order valence-electron chi connectivity index (χ4n) is 2.26. The molecule has 1 unspecified atom stereocenters. The van der Waals surface area contributed by atoms with Crippen molar-refractivity contribution in [2.24, 2.45) is 0 Å². The zero-order chi connectivity index (χ0) is 11.0. The third kappa shape index (κ3) is 1.66. The zero-order valence-corrected chi connectivity index (χ0v) is 9.54. The highest BCUT2D eigenvalue weighted by Crippen LogP contribution is 2.28. The SMILES string of the molecule is Clc1ccc2ncnc(C3CCNC3)c2c1. The van der Waals surface area contributed by atoms with Crippen LogP contribution >= 0.6 is 11.6 Å². The van der Waals surface area contributed by atoms with Crippen LogP contribution in [0.4, 0.5) is 0 Å². The normalized spacial score (nSPS) is 20.4. The summed E-state index contributed by atoms with van der Waals surface area (Å²) in [4.78, 5) is 8.68. The second-order valence-electron chi connectivity index (χ2n) is 4.11. The summed E-state index contributed by atoms with van der Waals surface area (Å²) in [7, 11) is 0. The van der Waals surface area contributed by atoms with E-state index in [0.717, 1.165) is 41.1 Å². The van der Waals surface area contributed by atoms with Crippen molar-refractivity contribution in [1.29, 1.82) is 0 Å². The van der Waals surface area contributed by atoms with Crippen LogP contribution in [-0.4, -0.2) is 23.1 Å². The minimum absolute atomic E-state index is 0.490. The molecular formula is C12H12ClN3. The Morgan fingerprint density at radius 1 is 1.31 bits per heavy atom. The van der Waals surface area contributed by atoms with Crippen molar-refractivity contribution in [2.45, 2.75) is 12.3 Å². The molecule has 1 aliphatic rings. The van der Waals surface area contributed by atoms with Gasteiger partial charge in [0, 0.05) is 22.9 Å². The number of rotatable bonds is 1. The first kappa shape index (κ1) is 10.00. The standard InChI is InChI=1S/C12H12ClN3/c13-9-1-2-11-10(5-9)12(16-7-15-11)8-3-4-14-6-8/h1-2,5,7-8,14H,3-4,6H2. The lowest BCUT2D eigenvalue weighted by atomic mass is 10.0. The largest absolute Gasteiger partial charge is 0.316 e. The molecule has 2 aromatic rings. The highest BCUT2D eigenvalue weighted by Gasteiger charge is 2.20. The van der Waals surface area contributed by atoms with E-state index < -0.39 is 0 Å². The quantitative estimate of drug-likeness (QED) is 0.822. The van der Waals surface area contributed by atoms with Gasteiger partial charge in [-0.05, 0) is 31.2 Å². The number of nitrogens with one attached hydrogen (secondary N) is 1. The Hall–Kier alpha value is -1.19. The van der Waals surface area contributed by atoms with Gasteiger partial charge in [0.1, 0.15) is 6.33 Å². The van der Waals surface area contributed by atoms with E-state index in [1.807, 2.05) is 18.2 Å². The van der Waals surface area contributed by atoms with Crippen LogP contribution in [0.15, 0.2) is 24.5 Å². The van der Waals surface area contributed by atoms with Crippen molar-refractivity contribution >= 4 is 22.5 Å². The Labute approximate surface area is 98.9 Å². The summed E-state index contributed by atoms with van der Waals surface area (Å²) in [5.74, 6) is 0.490. The van der Waals surface area contributed by atoms with Crippen molar-refractivity contribution < 1.29 is 0 Å². The van der Waals surface area contributed by atoms with E-state index in [9.17, 15) is 0 Å². The first-order chi connectivity index (χ1) is 7.84. The molecule has 3 rings (SSSR count). The highest BCUT2D eigenvalue weighted by molar-refractivity contribution is 6.31. The molecule has 0 aliphatic carbocycles. The Balaban J connectivity index is 2.18. The van der Waals surface area contributed by atoms with Gasteiger partial charge < -0.3 is 5.32 Å². The van der Waals surface area contributed by atoms with Gasteiger partial charge in [-0.2, -0.15) is 0 Å². The van der Waals surface area contributed by atoms with E-state index in [2.05, 4.69) is 15.3 Å². The minimum Gasteiger partial charge on any atom is -0.316 e. The molecule has 0 radical (unpaired) electrons. The maximum atomic E-state index is 6.03. The van der Waals surface area contributed by atoms with Crippen molar-refractivity contribution in [3.8, 4) is 0 Å². The molecule has 82 valence electrons. The van der Waals surface area contributed by atoms with E-state index in [-0.39, 0.29) is 0 Å². The lowest BCUT2D eigenvalue weighted by Gasteiger charge is -2.10. The second kappa shape index (κ2) is 4.00. The van der Waals surface area contributed by atoms with Gasteiger partial charge in [0.2, 0.25) is 0 Å². The van der Waals surface area contributed by atoms with Crippen LogP contribution in [0.25, 0.3) is 10.9 Å². The molecular weight excluding hydrogens is 222 g/mol. The number of nitrogens with zero attached hydrogens (tertiary/aromatic N) is 2. The summed E-state index contributed by atoms with van der Waals surface area (Å²) in [5.41, 5.74) is 2.10. The van der Waals surface area contributed by atoms with E-state index in [0.29, 0.717) is 5.92 Å². The van der Waals surface area contributed by atoms with E-state index >= 15 is 0 Å². The minimum atomic E-state index is 0.490. The molecule has 1 N–H and O–H groups in total. The van der Waals surface area contributed by atoms with Crippen LogP contribution in [0.5, 0.6) is 0 Å². The Kier molecular flexibility index (Phi) is 2.50. The maximum Gasteiger partial charge on any atom is 0.116 e. The topological polar surface area (TPSA) is 37.8 Å². The molecule has 0 saturated carbocycles. The molecule has 16 heavy (non-hydrogen) atoms. The van der Waals surface area contributed by atoms with Gasteiger partial charge in [-0.15, -0.1) is 0 Å². The number of halogens is 1. The fourth-order valence-corrected chi connectivity index (χ4v) is 2.43. The number of benzene rings is 1. The molecule has 3 nitrogen and oxygen atoms in total. The average Bonchev–Trinajstić information content (AvgIpc) is 2.81. The Morgan fingerprint density at radius 2 is 2.25 bits per heavy atom. The molecule has 1 aliphatic heterocycles. The average molecular weight is 234 g/mol. The summed E-state index contributed by atoms with van der Waals surface area (Å²) < 4.78 is 0. The van der Waals surface area contributed by atoms with Gasteiger partial charge in [0.25, 0.3) is 0 Å². The van der Waals surface area contributed by atoms with Crippen molar-refractivity contribution in [1.82, 2.24) is 15.3 Å². The number of hydrogen-bond donors (Lipinski definition) is 1. The molecule has 0 amide bonds. The van der Waals surface area contributed by atoms with Crippen molar-refractivity contribution in [2.75, 3.05) is 13.1 Å². The second-order valence-corrected chi connectivity index (χ2v) is 4.55. The number of aromatic nitrogens is 2. The molecule has 0 bridgehead atoms.